The van der Waals surface area contributed by atoms with Crippen LogP contribution in [-0.2, 0) is 27.3 Å². The van der Waals surface area contributed by atoms with Gasteiger partial charge in [-0.05, 0) is 35.2 Å². The number of rotatable bonds is 3. The molecule has 3 amide bonds. The lowest BCUT2D eigenvalue weighted by molar-refractivity contribution is -0.136. The van der Waals surface area contributed by atoms with E-state index in [1.165, 1.54) is 30.0 Å². The summed E-state index contributed by atoms with van der Waals surface area (Å²) in [5.74, 6) is -0.733. The zero-order chi connectivity index (χ0) is 19.8. The van der Waals surface area contributed by atoms with E-state index in [0.29, 0.717) is 35.6 Å². The third kappa shape index (κ3) is 3.07. The minimum absolute atomic E-state index is 0.161. The van der Waals surface area contributed by atoms with Crippen LogP contribution in [0.3, 0.4) is 0 Å². The van der Waals surface area contributed by atoms with Crippen molar-refractivity contribution in [3.05, 3.63) is 70.9 Å². The van der Waals surface area contributed by atoms with Crippen molar-refractivity contribution in [1.82, 2.24) is 9.80 Å². The number of carbonyl (C=O) groups excluding carboxylic acids is 3. The maximum Gasteiger partial charge on any atom is 0.277 e. The summed E-state index contributed by atoms with van der Waals surface area (Å²) in [6.07, 6.45) is 0.833. The molecular formula is C22H21N3O3. The first-order valence-electron chi connectivity index (χ1n) is 9.22. The molecule has 2 aliphatic rings. The maximum atomic E-state index is 12.9. The molecule has 2 aromatic carbocycles. The third-order valence-electron chi connectivity index (χ3n) is 5.20. The molecule has 2 aromatic rings. The van der Waals surface area contributed by atoms with Crippen LogP contribution in [0.4, 0.5) is 5.69 Å². The molecular weight excluding hydrogens is 354 g/mol. The second-order valence-electron chi connectivity index (χ2n) is 7.09. The molecule has 0 spiro atoms. The van der Waals surface area contributed by atoms with E-state index in [-0.39, 0.29) is 17.7 Å². The summed E-state index contributed by atoms with van der Waals surface area (Å²) in [6.45, 7) is 2.73. The van der Waals surface area contributed by atoms with Crippen LogP contribution in [-0.4, -0.2) is 41.1 Å². The van der Waals surface area contributed by atoms with Gasteiger partial charge in [0.25, 0.3) is 11.8 Å². The van der Waals surface area contributed by atoms with Gasteiger partial charge in [-0.2, -0.15) is 0 Å². The molecule has 0 bridgehead atoms. The van der Waals surface area contributed by atoms with Crippen molar-refractivity contribution in [2.75, 3.05) is 18.9 Å². The van der Waals surface area contributed by atoms with Crippen LogP contribution in [0.1, 0.15) is 23.6 Å². The van der Waals surface area contributed by atoms with Gasteiger partial charge in [0.05, 0.1) is 5.57 Å². The van der Waals surface area contributed by atoms with Gasteiger partial charge in [0.2, 0.25) is 5.91 Å². The number of carbonyl (C=O) groups is 3. The SMILES string of the molecule is CC(=O)Nc1ccc(C2=C(N3CCc4ccccc4C3)C(=O)N(C)C2=O)cc1. The van der Waals surface area contributed by atoms with Crippen molar-refractivity contribution in [3.8, 4) is 0 Å². The van der Waals surface area contributed by atoms with E-state index in [2.05, 4.69) is 17.4 Å². The molecule has 0 saturated heterocycles. The number of nitrogens with zero attached hydrogens (tertiary/aromatic N) is 2. The molecule has 0 aromatic heterocycles. The normalized spacial score (nSPS) is 16.5. The van der Waals surface area contributed by atoms with Crippen molar-refractivity contribution in [2.24, 2.45) is 0 Å². The molecule has 1 N–H and O–H groups in total. The highest BCUT2D eigenvalue weighted by Gasteiger charge is 2.40. The number of hydrogen-bond acceptors (Lipinski definition) is 4. The number of fused-ring (bicyclic) bond motifs is 1. The number of amides is 3. The topological polar surface area (TPSA) is 69.7 Å². The highest BCUT2D eigenvalue weighted by atomic mass is 16.2. The molecule has 0 fully saturated rings. The van der Waals surface area contributed by atoms with E-state index in [1.54, 1.807) is 24.3 Å². The van der Waals surface area contributed by atoms with Crippen molar-refractivity contribution in [3.63, 3.8) is 0 Å². The van der Waals surface area contributed by atoms with Gasteiger partial charge in [-0.3, -0.25) is 19.3 Å². The Bertz CT molecular complexity index is 1010. The van der Waals surface area contributed by atoms with E-state index < -0.39 is 0 Å². The van der Waals surface area contributed by atoms with Crippen molar-refractivity contribution < 1.29 is 14.4 Å². The number of imide groups is 1. The Morgan fingerprint density at radius 2 is 1.64 bits per heavy atom. The van der Waals surface area contributed by atoms with Crippen molar-refractivity contribution in [2.45, 2.75) is 19.9 Å². The highest BCUT2D eigenvalue weighted by molar-refractivity contribution is 6.35. The second kappa shape index (κ2) is 6.96. The zero-order valence-corrected chi connectivity index (χ0v) is 15.9. The molecule has 142 valence electrons. The summed E-state index contributed by atoms with van der Waals surface area (Å²) in [7, 11) is 1.52. The number of hydrogen-bond donors (Lipinski definition) is 1. The summed E-state index contributed by atoms with van der Waals surface area (Å²) in [4.78, 5) is 40.1. The number of likely N-dealkylation sites (N-methyl/N-ethyl adjacent to an activating group) is 1. The lowest BCUT2D eigenvalue weighted by Crippen LogP contribution is -2.35. The minimum atomic E-state index is -0.300. The van der Waals surface area contributed by atoms with E-state index in [1.807, 2.05) is 17.0 Å². The smallest absolute Gasteiger partial charge is 0.277 e. The first kappa shape index (κ1) is 18.0. The fourth-order valence-corrected chi connectivity index (χ4v) is 3.79. The van der Waals surface area contributed by atoms with Gasteiger partial charge in [-0.1, -0.05) is 36.4 Å². The first-order chi connectivity index (χ1) is 13.5. The molecule has 6 nitrogen and oxygen atoms in total. The van der Waals surface area contributed by atoms with E-state index in [0.717, 1.165) is 6.42 Å². The number of anilines is 1. The van der Waals surface area contributed by atoms with Gasteiger partial charge in [0, 0.05) is 32.7 Å². The van der Waals surface area contributed by atoms with Crippen LogP contribution < -0.4 is 5.32 Å². The molecule has 0 atom stereocenters. The van der Waals surface area contributed by atoms with Crippen LogP contribution in [0.25, 0.3) is 5.57 Å². The fourth-order valence-electron chi connectivity index (χ4n) is 3.79. The molecule has 0 saturated carbocycles. The van der Waals surface area contributed by atoms with Gasteiger partial charge < -0.3 is 10.2 Å². The summed E-state index contributed by atoms with van der Waals surface area (Å²) in [6, 6.07) is 15.2. The lowest BCUT2D eigenvalue weighted by Gasteiger charge is -2.31. The van der Waals surface area contributed by atoms with E-state index >= 15 is 0 Å². The molecule has 0 unspecified atom stereocenters. The standard InChI is InChI=1S/C22H21N3O3/c1-14(26)23-18-9-7-16(8-10-18)19-20(22(28)24(2)21(19)27)25-12-11-15-5-3-4-6-17(15)13-25/h3-10H,11-13H2,1-2H3,(H,23,26). The molecule has 2 aliphatic heterocycles. The Hall–Kier alpha value is -3.41. The predicted molar refractivity (Wildman–Crippen MR) is 106 cm³/mol. The quantitative estimate of drug-likeness (QED) is 0.837. The van der Waals surface area contributed by atoms with Gasteiger partial charge in [-0.15, -0.1) is 0 Å². The van der Waals surface area contributed by atoms with Crippen LogP contribution in [0.2, 0.25) is 0 Å². The molecule has 28 heavy (non-hydrogen) atoms. The van der Waals surface area contributed by atoms with Gasteiger partial charge in [0.1, 0.15) is 5.70 Å². The average Bonchev–Trinajstić information content (AvgIpc) is 2.92. The first-order valence-corrected chi connectivity index (χ1v) is 9.22. The largest absolute Gasteiger partial charge is 0.362 e. The Kier molecular flexibility index (Phi) is 4.47. The minimum Gasteiger partial charge on any atom is -0.362 e. The zero-order valence-electron chi connectivity index (χ0n) is 15.9. The Balaban J connectivity index is 1.73. The van der Waals surface area contributed by atoms with Crippen LogP contribution in [0.5, 0.6) is 0 Å². The van der Waals surface area contributed by atoms with Gasteiger partial charge in [-0.25, -0.2) is 0 Å². The number of nitrogens with one attached hydrogen (secondary N) is 1. The maximum absolute atomic E-state index is 12.9. The summed E-state index contributed by atoms with van der Waals surface area (Å²) in [5, 5.41) is 2.71. The average molecular weight is 375 g/mol. The molecule has 0 aliphatic carbocycles. The molecule has 6 heteroatoms. The monoisotopic (exact) mass is 375 g/mol. The summed E-state index contributed by atoms with van der Waals surface area (Å²) < 4.78 is 0. The number of benzene rings is 2. The van der Waals surface area contributed by atoms with Crippen LogP contribution >= 0.6 is 0 Å². The molecule has 2 heterocycles. The van der Waals surface area contributed by atoms with Crippen LogP contribution in [0.15, 0.2) is 54.2 Å². The molecule has 0 radical (unpaired) electrons. The van der Waals surface area contributed by atoms with Gasteiger partial charge >= 0.3 is 0 Å². The fraction of sp³-hybridized carbons (Fsp3) is 0.227. The highest BCUT2D eigenvalue weighted by Crippen LogP contribution is 2.34. The molecule has 4 rings (SSSR count). The summed E-state index contributed by atoms with van der Waals surface area (Å²) >= 11 is 0. The Morgan fingerprint density at radius 1 is 0.964 bits per heavy atom. The van der Waals surface area contributed by atoms with E-state index in [9.17, 15) is 14.4 Å². The third-order valence-corrected chi connectivity index (χ3v) is 5.20. The van der Waals surface area contributed by atoms with Crippen molar-refractivity contribution >= 4 is 29.0 Å². The second-order valence-corrected chi connectivity index (χ2v) is 7.09. The van der Waals surface area contributed by atoms with Crippen LogP contribution in [0, 0.1) is 0 Å². The summed E-state index contributed by atoms with van der Waals surface area (Å²) in [5.41, 5.74) is 4.65. The van der Waals surface area contributed by atoms with Crippen molar-refractivity contribution in [1.29, 1.82) is 0 Å². The van der Waals surface area contributed by atoms with E-state index in [4.69, 9.17) is 0 Å². The Morgan fingerprint density at radius 3 is 2.32 bits per heavy atom. The predicted octanol–water partition coefficient (Wildman–Crippen LogP) is 2.41. The Labute approximate surface area is 163 Å². The van der Waals surface area contributed by atoms with Gasteiger partial charge in [0.15, 0.2) is 0 Å². The lowest BCUT2D eigenvalue weighted by atomic mass is 9.97.